The summed E-state index contributed by atoms with van der Waals surface area (Å²) in [6.45, 7) is 10.5. The Bertz CT molecular complexity index is 487. The van der Waals surface area contributed by atoms with Gasteiger partial charge in [0.1, 0.15) is 5.60 Å². The fourth-order valence-electron chi connectivity index (χ4n) is 6.86. The highest BCUT2D eigenvalue weighted by atomic mass is 31.2. The third-order valence-electron chi connectivity index (χ3n) is 8.51. The van der Waals surface area contributed by atoms with Gasteiger partial charge in [0.05, 0.1) is 39.6 Å². The monoisotopic (exact) mass is 474 g/mol. The van der Waals surface area contributed by atoms with Crippen LogP contribution in [0.15, 0.2) is 0 Å². The molecule has 0 bridgehead atoms. The summed E-state index contributed by atoms with van der Waals surface area (Å²) in [7, 11) is -2.52. The number of unbranched alkanes of at least 4 members (excludes halogenated alkanes) is 6. The van der Waals surface area contributed by atoms with Gasteiger partial charge < -0.3 is 28.5 Å². The van der Waals surface area contributed by atoms with E-state index in [0.717, 1.165) is 57.8 Å². The van der Waals surface area contributed by atoms with Gasteiger partial charge in [-0.15, -0.1) is 0 Å². The molecule has 0 unspecified atom stereocenters. The first-order valence-electron chi connectivity index (χ1n) is 13.1. The van der Waals surface area contributed by atoms with Crippen molar-refractivity contribution in [2.45, 2.75) is 103 Å². The molecular weight excluding hydrogens is 427 g/mol. The largest absolute Gasteiger partial charge is 0.380 e. The molecule has 3 fully saturated rings. The minimum atomic E-state index is -2.52. The zero-order chi connectivity index (χ0) is 23.1. The van der Waals surface area contributed by atoms with Crippen molar-refractivity contribution < 1.29 is 28.5 Å². The van der Waals surface area contributed by atoms with Crippen LogP contribution in [-0.4, -0.2) is 55.0 Å². The van der Waals surface area contributed by atoms with Crippen LogP contribution >= 0.6 is 8.60 Å². The van der Waals surface area contributed by atoms with Gasteiger partial charge in [0.15, 0.2) is 0 Å². The number of ether oxygens (including phenoxy) is 3. The maximum Gasteiger partial charge on any atom is 0.327 e. The van der Waals surface area contributed by atoms with Crippen LogP contribution in [0.5, 0.6) is 0 Å². The molecule has 6 nitrogen and oxygen atoms in total. The maximum atomic E-state index is 10.4. The normalized spacial score (nSPS) is 23.4. The van der Waals surface area contributed by atoms with Crippen LogP contribution in [0.3, 0.4) is 0 Å². The third kappa shape index (κ3) is 4.67. The van der Waals surface area contributed by atoms with Crippen LogP contribution in [0.25, 0.3) is 0 Å². The molecule has 0 atom stereocenters. The molecule has 32 heavy (non-hydrogen) atoms. The molecule has 0 amide bonds. The van der Waals surface area contributed by atoms with E-state index in [1.807, 2.05) is 0 Å². The Labute approximate surface area is 196 Å². The van der Waals surface area contributed by atoms with E-state index < -0.39 is 14.2 Å². The van der Waals surface area contributed by atoms with Gasteiger partial charge in [0.2, 0.25) is 0 Å². The minimum absolute atomic E-state index is 0.222. The Morgan fingerprint density at radius 1 is 0.625 bits per heavy atom. The minimum Gasteiger partial charge on any atom is -0.380 e. The molecule has 3 aliphatic rings. The lowest BCUT2D eigenvalue weighted by atomic mass is 9.43. The molecular formula is C25H47O6P. The van der Waals surface area contributed by atoms with Gasteiger partial charge in [-0.1, -0.05) is 78.6 Å². The van der Waals surface area contributed by atoms with E-state index in [0.29, 0.717) is 39.6 Å². The molecule has 3 rings (SSSR count). The Morgan fingerprint density at radius 3 is 1.12 bits per heavy atom. The first-order valence-corrected chi connectivity index (χ1v) is 14.2. The Hall–Kier alpha value is 0.190. The van der Waals surface area contributed by atoms with E-state index in [2.05, 4.69) is 20.8 Å². The van der Waals surface area contributed by atoms with Crippen molar-refractivity contribution in [2.24, 2.45) is 16.2 Å². The average molecular weight is 475 g/mol. The van der Waals surface area contributed by atoms with Crippen molar-refractivity contribution in [1.82, 2.24) is 0 Å². The summed E-state index contributed by atoms with van der Waals surface area (Å²) >= 11 is 0. The van der Waals surface area contributed by atoms with E-state index in [4.69, 9.17) is 18.7 Å². The number of rotatable bonds is 17. The van der Waals surface area contributed by atoms with Crippen molar-refractivity contribution in [3.8, 4) is 0 Å². The first-order chi connectivity index (χ1) is 15.5. The van der Waals surface area contributed by atoms with E-state index in [1.54, 1.807) is 0 Å². The quantitative estimate of drug-likeness (QED) is 0.207. The highest BCUT2D eigenvalue weighted by Crippen LogP contribution is 2.70. The predicted octanol–water partition coefficient (Wildman–Crippen LogP) is 5.74. The standard InChI is InChI=1S/C25H47O6P/c1-4-7-10-13-22(16-28-17-22)25(31-32(26)27,23(18-29-19-23)14-11-8-5-2)24(20-30-21-24)15-12-9-6-3/h26-27H,4-21H2,1-3H3. The van der Waals surface area contributed by atoms with Gasteiger partial charge in [-0.2, -0.15) is 0 Å². The molecule has 0 aromatic heterocycles. The second-order valence-electron chi connectivity index (χ2n) is 10.7. The van der Waals surface area contributed by atoms with Crippen LogP contribution in [0, 0.1) is 16.2 Å². The lowest BCUT2D eigenvalue weighted by molar-refractivity contribution is -0.380. The highest BCUT2D eigenvalue weighted by Gasteiger charge is 2.78. The summed E-state index contributed by atoms with van der Waals surface area (Å²) in [4.78, 5) is 20.9. The summed E-state index contributed by atoms with van der Waals surface area (Å²) in [6, 6.07) is 0. The smallest absolute Gasteiger partial charge is 0.327 e. The lowest BCUT2D eigenvalue weighted by Crippen LogP contribution is -2.81. The van der Waals surface area contributed by atoms with Gasteiger partial charge in [0, 0.05) is 16.2 Å². The average Bonchev–Trinajstić information content (AvgIpc) is 2.67. The van der Waals surface area contributed by atoms with Gasteiger partial charge in [-0.3, -0.25) is 0 Å². The van der Waals surface area contributed by atoms with Crippen molar-refractivity contribution in [2.75, 3.05) is 39.6 Å². The van der Waals surface area contributed by atoms with E-state index in [1.165, 1.54) is 19.3 Å². The van der Waals surface area contributed by atoms with Crippen LogP contribution < -0.4 is 0 Å². The van der Waals surface area contributed by atoms with Gasteiger partial charge in [-0.05, 0) is 19.3 Å². The maximum absolute atomic E-state index is 10.4. The molecule has 7 heteroatoms. The fourth-order valence-corrected chi connectivity index (χ4v) is 7.68. The van der Waals surface area contributed by atoms with Crippen LogP contribution in [0.2, 0.25) is 0 Å². The molecule has 0 aliphatic carbocycles. The zero-order valence-electron chi connectivity index (χ0n) is 20.7. The Morgan fingerprint density at radius 2 is 0.938 bits per heavy atom. The summed E-state index contributed by atoms with van der Waals surface area (Å²) in [5.41, 5.74) is -1.37. The molecule has 0 saturated carbocycles. The van der Waals surface area contributed by atoms with Crippen LogP contribution in [0.1, 0.15) is 97.8 Å². The third-order valence-corrected chi connectivity index (χ3v) is 8.94. The predicted molar refractivity (Wildman–Crippen MR) is 127 cm³/mol. The summed E-state index contributed by atoms with van der Waals surface area (Å²) in [6.07, 6.45) is 13.3. The van der Waals surface area contributed by atoms with Crippen molar-refractivity contribution in [1.29, 1.82) is 0 Å². The second kappa shape index (κ2) is 11.7. The second-order valence-corrected chi connectivity index (χ2v) is 11.4. The Balaban J connectivity index is 2.08. The van der Waals surface area contributed by atoms with Crippen molar-refractivity contribution >= 4 is 8.60 Å². The topological polar surface area (TPSA) is 77.4 Å². The SMILES string of the molecule is CCCCCC1(C(OP(O)O)(C2(CCCCC)COC2)C2(CCCCC)COC2)COC1. The van der Waals surface area contributed by atoms with E-state index in [9.17, 15) is 9.79 Å². The lowest BCUT2D eigenvalue weighted by Gasteiger charge is -2.72. The molecule has 0 radical (unpaired) electrons. The van der Waals surface area contributed by atoms with Crippen molar-refractivity contribution in [3.05, 3.63) is 0 Å². The number of hydrogen-bond acceptors (Lipinski definition) is 6. The van der Waals surface area contributed by atoms with Gasteiger partial charge in [0.25, 0.3) is 0 Å². The van der Waals surface area contributed by atoms with Gasteiger partial charge >= 0.3 is 8.60 Å². The van der Waals surface area contributed by atoms with E-state index >= 15 is 0 Å². The summed E-state index contributed by atoms with van der Waals surface area (Å²) in [5, 5.41) is 0. The number of hydrogen-bond donors (Lipinski definition) is 2. The first kappa shape index (κ1) is 26.8. The highest BCUT2D eigenvalue weighted by molar-refractivity contribution is 7.39. The zero-order valence-corrected chi connectivity index (χ0v) is 21.6. The van der Waals surface area contributed by atoms with Crippen molar-refractivity contribution in [3.63, 3.8) is 0 Å². The molecule has 188 valence electrons. The Kier molecular flexibility index (Phi) is 9.84. The fraction of sp³-hybridized carbons (Fsp3) is 1.00. The van der Waals surface area contributed by atoms with Gasteiger partial charge in [-0.25, -0.2) is 0 Å². The molecule has 0 aromatic carbocycles. The van der Waals surface area contributed by atoms with E-state index in [-0.39, 0.29) is 16.2 Å². The van der Waals surface area contributed by atoms with Crippen LogP contribution in [-0.2, 0) is 18.7 Å². The summed E-state index contributed by atoms with van der Waals surface area (Å²) < 4.78 is 24.3. The van der Waals surface area contributed by atoms with Crippen LogP contribution in [0.4, 0.5) is 0 Å². The molecule has 0 aromatic rings. The molecule has 3 heterocycles. The summed E-state index contributed by atoms with van der Waals surface area (Å²) in [5.74, 6) is 0. The molecule has 0 spiro atoms. The molecule has 3 saturated heterocycles. The molecule has 3 aliphatic heterocycles. The molecule has 2 N–H and O–H groups in total.